The van der Waals surface area contributed by atoms with Crippen molar-refractivity contribution >= 4 is 34.4 Å². The molecule has 1 fully saturated rings. The summed E-state index contributed by atoms with van der Waals surface area (Å²) in [5.74, 6) is -0.255. The molecule has 1 aromatic heterocycles. The average Bonchev–Trinajstić information content (AvgIpc) is 3.22. The van der Waals surface area contributed by atoms with Gasteiger partial charge in [0.25, 0.3) is 11.8 Å². The standard InChI is InChI=1S/C23H26N2O2S/c1-2-24(17-11-8-5-9-12-17)21-20(19-15-10-16-28-19)22(26)25(23(21)27)18-13-6-3-4-7-14-18/h5,8-12,15-16,18H,2-4,6-7,13-14H2,1H3. The molecule has 2 heterocycles. The number of thiophene rings is 1. The first-order valence-electron chi connectivity index (χ1n) is 10.2. The van der Waals surface area contributed by atoms with Crippen LogP contribution in [0.3, 0.4) is 0 Å². The molecular weight excluding hydrogens is 368 g/mol. The number of nitrogens with zero attached hydrogens (tertiary/aromatic N) is 2. The Balaban J connectivity index is 1.79. The van der Waals surface area contributed by atoms with Gasteiger partial charge in [0.1, 0.15) is 5.70 Å². The third-order valence-electron chi connectivity index (χ3n) is 5.70. The van der Waals surface area contributed by atoms with Crippen LogP contribution in [0.4, 0.5) is 5.69 Å². The molecule has 4 rings (SSSR count). The third kappa shape index (κ3) is 3.39. The van der Waals surface area contributed by atoms with Crippen LogP contribution >= 0.6 is 11.3 Å². The van der Waals surface area contributed by atoms with E-state index in [1.807, 2.05) is 59.7 Å². The van der Waals surface area contributed by atoms with E-state index >= 15 is 0 Å². The molecule has 28 heavy (non-hydrogen) atoms. The van der Waals surface area contributed by atoms with Crippen LogP contribution in [0.25, 0.3) is 5.57 Å². The largest absolute Gasteiger partial charge is 0.337 e. The van der Waals surface area contributed by atoms with Gasteiger partial charge in [0.05, 0.1) is 5.57 Å². The summed E-state index contributed by atoms with van der Waals surface area (Å²) in [5, 5.41) is 1.96. The van der Waals surface area contributed by atoms with Gasteiger partial charge in [-0.25, -0.2) is 0 Å². The van der Waals surface area contributed by atoms with Crippen LogP contribution in [-0.2, 0) is 9.59 Å². The Hall–Kier alpha value is -2.40. The maximum atomic E-state index is 13.6. The van der Waals surface area contributed by atoms with Crippen molar-refractivity contribution in [2.24, 2.45) is 0 Å². The molecule has 0 atom stereocenters. The number of benzene rings is 1. The number of imide groups is 1. The topological polar surface area (TPSA) is 40.6 Å². The molecule has 1 aliphatic heterocycles. The molecule has 1 aliphatic carbocycles. The number of carbonyl (C=O) groups is 2. The highest BCUT2D eigenvalue weighted by Gasteiger charge is 2.45. The molecule has 2 aromatic rings. The second kappa shape index (κ2) is 8.31. The summed E-state index contributed by atoms with van der Waals surface area (Å²) in [6.45, 7) is 2.66. The Morgan fingerprint density at radius 1 is 0.964 bits per heavy atom. The van der Waals surface area contributed by atoms with Gasteiger partial charge < -0.3 is 4.90 Å². The number of hydrogen-bond acceptors (Lipinski definition) is 4. The van der Waals surface area contributed by atoms with E-state index < -0.39 is 0 Å². The lowest BCUT2D eigenvalue weighted by atomic mass is 10.1. The van der Waals surface area contributed by atoms with Gasteiger partial charge in [0, 0.05) is 23.2 Å². The van der Waals surface area contributed by atoms with E-state index in [1.165, 1.54) is 24.2 Å². The first kappa shape index (κ1) is 18.9. The van der Waals surface area contributed by atoms with Gasteiger partial charge in [-0.15, -0.1) is 11.3 Å². The molecule has 0 N–H and O–H groups in total. The van der Waals surface area contributed by atoms with Crippen molar-refractivity contribution in [3.8, 4) is 0 Å². The molecule has 0 bridgehead atoms. The number of rotatable bonds is 5. The summed E-state index contributed by atoms with van der Waals surface area (Å²) < 4.78 is 0. The lowest BCUT2D eigenvalue weighted by molar-refractivity contribution is -0.139. The summed E-state index contributed by atoms with van der Waals surface area (Å²) in [7, 11) is 0. The molecule has 5 heteroatoms. The van der Waals surface area contributed by atoms with Crippen molar-refractivity contribution < 1.29 is 9.59 Å². The van der Waals surface area contributed by atoms with E-state index in [-0.39, 0.29) is 17.9 Å². The van der Waals surface area contributed by atoms with Gasteiger partial charge in [-0.1, -0.05) is 49.9 Å². The molecule has 1 aromatic carbocycles. The monoisotopic (exact) mass is 394 g/mol. The van der Waals surface area contributed by atoms with Crippen LogP contribution in [0.5, 0.6) is 0 Å². The van der Waals surface area contributed by atoms with Crippen molar-refractivity contribution in [1.82, 2.24) is 4.90 Å². The molecule has 0 unspecified atom stereocenters. The minimum atomic E-state index is -0.133. The fourth-order valence-corrected chi connectivity index (χ4v) is 5.12. The predicted molar refractivity (Wildman–Crippen MR) is 114 cm³/mol. The van der Waals surface area contributed by atoms with Gasteiger partial charge in [-0.3, -0.25) is 14.5 Å². The van der Waals surface area contributed by atoms with Crippen molar-refractivity contribution in [2.75, 3.05) is 11.4 Å². The Morgan fingerprint density at radius 3 is 2.29 bits per heavy atom. The SMILES string of the molecule is CCN(C1=C(c2cccs2)C(=O)N(C2CCCCCC2)C1=O)c1ccccc1. The zero-order valence-electron chi connectivity index (χ0n) is 16.3. The Kier molecular flexibility index (Phi) is 5.62. The van der Waals surface area contributed by atoms with Crippen LogP contribution < -0.4 is 4.90 Å². The lowest BCUT2D eigenvalue weighted by Gasteiger charge is -2.28. The molecule has 2 aliphatic rings. The smallest absolute Gasteiger partial charge is 0.278 e. The van der Waals surface area contributed by atoms with E-state index in [0.717, 1.165) is 36.2 Å². The quantitative estimate of drug-likeness (QED) is 0.525. The fraction of sp³-hybridized carbons (Fsp3) is 0.391. The first-order valence-corrected chi connectivity index (χ1v) is 11.1. The number of likely N-dealkylation sites (N-methyl/N-ethyl adjacent to an activating group) is 1. The van der Waals surface area contributed by atoms with E-state index in [2.05, 4.69) is 0 Å². The van der Waals surface area contributed by atoms with Gasteiger partial charge in [0.15, 0.2) is 0 Å². The van der Waals surface area contributed by atoms with E-state index in [4.69, 9.17) is 0 Å². The summed E-state index contributed by atoms with van der Waals surface area (Å²) in [6.07, 6.45) is 6.38. The fourth-order valence-electron chi connectivity index (χ4n) is 4.35. The minimum absolute atomic E-state index is 0.0180. The minimum Gasteiger partial charge on any atom is -0.337 e. The van der Waals surface area contributed by atoms with Gasteiger partial charge >= 0.3 is 0 Å². The molecule has 1 saturated carbocycles. The van der Waals surface area contributed by atoms with Gasteiger partial charge in [0.2, 0.25) is 0 Å². The molecular formula is C23H26N2O2S. The maximum Gasteiger partial charge on any atom is 0.278 e. The Labute approximate surface area is 170 Å². The molecule has 2 amide bonds. The van der Waals surface area contributed by atoms with E-state index in [0.29, 0.717) is 17.8 Å². The van der Waals surface area contributed by atoms with Crippen LogP contribution in [0.1, 0.15) is 50.3 Å². The van der Waals surface area contributed by atoms with Crippen molar-refractivity contribution in [1.29, 1.82) is 0 Å². The molecule has 0 spiro atoms. The summed E-state index contributed by atoms with van der Waals surface area (Å²) >= 11 is 1.52. The molecule has 146 valence electrons. The second-order valence-corrected chi connectivity index (χ2v) is 8.35. The highest BCUT2D eigenvalue weighted by molar-refractivity contribution is 7.11. The van der Waals surface area contributed by atoms with E-state index in [1.54, 1.807) is 4.90 Å². The normalized spacial score (nSPS) is 18.7. The zero-order chi connectivity index (χ0) is 19.5. The van der Waals surface area contributed by atoms with Crippen LogP contribution in [0.2, 0.25) is 0 Å². The molecule has 4 nitrogen and oxygen atoms in total. The highest BCUT2D eigenvalue weighted by Crippen LogP contribution is 2.38. The Morgan fingerprint density at radius 2 is 1.68 bits per heavy atom. The first-order chi connectivity index (χ1) is 13.7. The molecule has 0 radical (unpaired) electrons. The predicted octanol–water partition coefficient (Wildman–Crippen LogP) is 5.08. The number of para-hydroxylation sites is 1. The number of anilines is 1. The van der Waals surface area contributed by atoms with Crippen molar-refractivity contribution in [3.05, 3.63) is 58.4 Å². The number of amides is 2. The van der Waals surface area contributed by atoms with Crippen molar-refractivity contribution in [3.63, 3.8) is 0 Å². The average molecular weight is 395 g/mol. The lowest BCUT2D eigenvalue weighted by Crippen LogP contribution is -2.42. The van der Waals surface area contributed by atoms with Crippen LogP contribution in [0, 0.1) is 0 Å². The van der Waals surface area contributed by atoms with Gasteiger partial charge in [-0.05, 0) is 43.3 Å². The van der Waals surface area contributed by atoms with Crippen LogP contribution in [0.15, 0.2) is 53.5 Å². The number of carbonyl (C=O) groups excluding carboxylic acids is 2. The van der Waals surface area contributed by atoms with Gasteiger partial charge in [-0.2, -0.15) is 0 Å². The highest BCUT2D eigenvalue weighted by atomic mass is 32.1. The summed E-state index contributed by atoms with van der Waals surface area (Å²) in [4.78, 5) is 31.6. The van der Waals surface area contributed by atoms with Crippen molar-refractivity contribution in [2.45, 2.75) is 51.5 Å². The molecule has 0 saturated heterocycles. The zero-order valence-corrected chi connectivity index (χ0v) is 17.1. The summed E-state index contributed by atoms with van der Waals surface area (Å²) in [5.41, 5.74) is 2.04. The maximum absolute atomic E-state index is 13.6. The third-order valence-corrected chi connectivity index (χ3v) is 6.59. The Bertz CT molecular complexity index is 865. The van der Waals surface area contributed by atoms with E-state index in [9.17, 15) is 9.59 Å². The number of hydrogen-bond donors (Lipinski definition) is 0. The second-order valence-electron chi connectivity index (χ2n) is 7.41. The summed E-state index contributed by atoms with van der Waals surface area (Å²) in [6, 6.07) is 13.8. The van der Waals surface area contributed by atoms with Crippen LogP contribution in [-0.4, -0.2) is 29.3 Å².